The van der Waals surface area contributed by atoms with E-state index < -0.39 is 21.5 Å². The van der Waals surface area contributed by atoms with Gasteiger partial charge < -0.3 is 0 Å². The van der Waals surface area contributed by atoms with Crippen LogP contribution in [-0.2, 0) is 0 Å². The van der Waals surface area contributed by atoms with Crippen molar-refractivity contribution < 1.29 is 0 Å². The van der Waals surface area contributed by atoms with Crippen LogP contribution in [0, 0.1) is 0 Å². The second kappa shape index (κ2) is 14.9. The molecule has 0 atom stereocenters. The predicted molar refractivity (Wildman–Crippen MR) is 127 cm³/mol. The quantitative estimate of drug-likeness (QED) is 0.140. The van der Waals surface area contributed by atoms with Crippen molar-refractivity contribution in [1.29, 1.82) is 0 Å². The zero-order valence-corrected chi connectivity index (χ0v) is 20.0. The van der Waals surface area contributed by atoms with Crippen molar-refractivity contribution in [2.75, 3.05) is 19.6 Å². The molecule has 3 nitrogen and oxygen atoms in total. The third kappa shape index (κ3) is 12.0. The summed E-state index contributed by atoms with van der Waals surface area (Å²) in [5, 5.41) is 0. The second-order valence-electron chi connectivity index (χ2n) is 5.61. The summed E-state index contributed by atoms with van der Waals surface area (Å²) in [6, 6.07) is 0. The lowest BCUT2D eigenvalue weighted by Gasteiger charge is -2.36. The molecule has 0 unspecified atom stereocenters. The fourth-order valence-electron chi connectivity index (χ4n) is 1.67. The molecule has 0 saturated carbocycles. The summed E-state index contributed by atoms with van der Waals surface area (Å²) in [5.41, 5.74) is 3.24. The highest BCUT2D eigenvalue weighted by Gasteiger charge is 2.39. The minimum atomic E-state index is -2.31. The normalized spacial score (nSPS) is 15.2. The highest BCUT2D eigenvalue weighted by Crippen LogP contribution is 2.75. The molecule has 0 heterocycles. The number of nitrogens with zero attached hydrogens (tertiary/aromatic N) is 3. The first-order valence-corrected chi connectivity index (χ1v) is 15.6. The Labute approximate surface area is 174 Å². The number of aliphatic imine (C=N–C) groups is 3. The van der Waals surface area contributed by atoms with E-state index in [0.717, 1.165) is 38.5 Å². The van der Waals surface area contributed by atoms with Gasteiger partial charge in [0.2, 0.25) is 0 Å². The highest BCUT2D eigenvalue weighted by atomic mass is 36.0. The molecular weight excluding hydrogens is 440 g/mol. The molecule has 25 heavy (non-hydrogen) atoms. The van der Waals surface area contributed by atoms with Gasteiger partial charge in [-0.05, 0) is 78.9 Å². The Balaban J connectivity index is 5.26. The summed E-state index contributed by atoms with van der Waals surface area (Å²) in [7, 11) is 21.9. The Morgan fingerprint density at radius 3 is 1.40 bits per heavy atom. The van der Waals surface area contributed by atoms with Gasteiger partial charge in [-0.1, -0.05) is 40.0 Å². The van der Waals surface area contributed by atoms with Crippen LogP contribution >= 0.6 is 59.6 Å². The molecule has 0 saturated heterocycles. The van der Waals surface area contributed by atoms with Crippen LogP contribution in [-0.4, -0.2) is 41.5 Å². The Bertz CT molecular complexity index is 400. The van der Waals surface area contributed by atoms with Crippen molar-refractivity contribution >= 4 is 76.9 Å². The largest absolute Gasteiger partial charge is 0.295 e. The molecule has 9 heteroatoms. The van der Waals surface area contributed by atoms with Gasteiger partial charge in [-0.2, -0.15) is 0 Å². The monoisotopic (exact) mass is 469 g/mol. The molecule has 0 radical (unpaired) electrons. The molecule has 0 bridgehead atoms. The number of hydrogen-bond acceptors (Lipinski definition) is 3. The van der Waals surface area contributed by atoms with Crippen molar-refractivity contribution in [2.24, 2.45) is 15.0 Å². The molecular formula is C16H31Cl4N3S2. The topological polar surface area (TPSA) is 37.1 Å². The maximum atomic E-state index is 6.62. The lowest BCUT2D eigenvalue weighted by atomic mass is 10.3. The van der Waals surface area contributed by atoms with Gasteiger partial charge in [0, 0.05) is 25.8 Å². The van der Waals surface area contributed by atoms with E-state index in [1.807, 2.05) is 0 Å². The number of unbranched alkanes of at least 4 members (excludes halogenated alkanes) is 3. The minimum Gasteiger partial charge on any atom is -0.295 e. The summed E-state index contributed by atoms with van der Waals surface area (Å²) >= 11 is 0. The fraction of sp³-hybridized carbons (Fsp3) is 0.812. The first-order chi connectivity index (χ1) is 11.8. The molecule has 0 fully saturated rings. The van der Waals surface area contributed by atoms with Gasteiger partial charge in [-0.15, -0.1) is 0 Å². The van der Waals surface area contributed by atoms with E-state index in [1.54, 1.807) is 17.3 Å². The Hall–Kier alpha value is 0.870. The SMILES string of the molecule is CCCC/N=C\S(Cl)(Cl)C(/C=N/CCCC)S(Cl)(Cl)/C=N\CCCC. The zero-order chi connectivity index (χ0) is 19.2. The molecule has 0 aromatic carbocycles. The van der Waals surface area contributed by atoms with Crippen LogP contribution in [0.1, 0.15) is 59.3 Å². The van der Waals surface area contributed by atoms with Crippen LogP contribution in [0.5, 0.6) is 0 Å². The number of rotatable bonds is 14. The molecule has 150 valence electrons. The molecule has 0 spiro atoms. The summed E-state index contributed by atoms with van der Waals surface area (Å²) < 4.78 is -0.487. The van der Waals surface area contributed by atoms with Gasteiger partial charge >= 0.3 is 0 Å². The van der Waals surface area contributed by atoms with E-state index >= 15 is 0 Å². The lowest BCUT2D eigenvalue weighted by molar-refractivity contribution is 0.809. The molecule has 0 amide bonds. The van der Waals surface area contributed by atoms with Crippen LogP contribution < -0.4 is 0 Å². The predicted octanol–water partition coefficient (Wildman–Crippen LogP) is 8.06. The van der Waals surface area contributed by atoms with Crippen LogP contribution in [0.25, 0.3) is 0 Å². The van der Waals surface area contributed by atoms with E-state index in [-0.39, 0.29) is 0 Å². The van der Waals surface area contributed by atoms with Crippen molar-refractivity contribution in [2.45, 2.75) is 63.9 Å². The van der Waals surface area contributed by atoms with Gasteiger partial charge in [0.1, 0.15) is 4.58 Å². The zero-order valence-electron chi connectivity index (χ0n) is 15.3. The van der Waals surface area contributed by atoms with Gasteiger partial charge in [0.15, 0.2) is 0 Å². The molecule has 0 aliphatic rings. The van der Waals surface area contributed by atoms with Gasteiger partial charge in [0.25, 0.3) is 0 Å². The van der Waals surface area contributed by atoms with Crippen molar-refractivity contribution in [3.05, 3.63) is 0 Å². The summed E-state index contributed by atoms with van der Waals surface area (Å²) in [5.74, 6) is 0. The molecule has 0 aromatic heterocycles. The number of halogens is 4. The van der Waals surface area contributed by atoms with Crippen LogP contribution in [0.4, 0.5) is 0 Å². The third-order valence-electron chi connectivity index (χ3n) is 3.20. The Morgan fingerprint density at radius 1 is 0.680 bits per heavy atom. The minimum absolute atomic E-state index is 0.487. The maximum Gasteiger partial charge on any atom is 0.114 e. The molecule has 0 aromatic rings. The van der Waals surface area contributed by atoms with Crippen LogP contribution in [0.2, 0.25) is 0 Å². The van der Waals surface area contributed by atoms with Gasteiger partial charge in [-0.3, -0.25) is 15.0 Å². The Kier molecular flexibility index (Phi) is 15.4. The third-order valence-corrected chi connectivity index (χ3v) is 11.9. The average Bonchev–Trinajstić information content (AvgIpc) is 2.55. The van der Waals surface area contributed by atoms with Crippen molar-refractivity contribution in [3.63, 3.8) is 0 Å². The molecule has 0 rings (SSSR count). The van der Waals surface area contributed by atoms with E-state index in [4.69, 9.17) is 42.7 Å². The fourth-order valence-corrected chi connectivity index (χ4v) is 11.4. The maximum absolute atomic E-state index is 6.62. The second-order valence-corrected chi connectivity index (χ2v) is 16.6. The van der Waals surface area contributed by atoms with E-state index in [1.165, 1.54) is 0 Å². The molecule has 0 aliphatic heterocycles. The van der Waals surface area contributed by atoms with Gasteiger partial charge in [0.05, 0.1) is 11.1 Å². The molecule has 0 N–H and O–H groups in total. The first kappa shape index (κ1) is 25.9. The van der Waals surface area contributed by atoms with Gasteiger partial charge in [-0.25, -0.2) is 0 Å². The smallest absolute Gasteiger partial charge is 0.114 e. The van der Waals surface area contributed by atoms with Crippen LogP contribution in [0.15, 0.2) is 15.0 Å². The van der Waals surface area contributed by atoms with E-state index in [2.05, 4.69) is 35.7 Å². The summed E-state index contributed by atoms with van der Waals surface area (Å²) in [6.45, 7) is 8.44. The standard InChI is InChI=1S/C16H31Cl4N3S2/c1-4-7-10-21-13-16(24(17,18)14-22-11-8-5-2)25(19,20)15-23-12-9-6-3/h13-16H,4-12H2,1-3H3/b21-13+,22-14-,23-15-. The van der Waals surface area contributed by atoms with Crippen molar-refractivity contribution in [3.8, 4) is 0 Å². The Morgan fingerprint density at radius 2 is 1.04 bits per heavy atom. The average molecular weight is 471 g/mol. The summed E-state index contributed by atoms with van der Waals surface area (Å²) in [4.78, 5) is 13.2. The summed E-state index contributed by atoms with van der Waals surface area (Å²) in [6.07, 6.45) is 7.90. The van der Waals surface area contributed by atoms with Crippen LogP contribution in [0.3, 0.4) is 0 Å². The molecule has 0 aliphatic carbocycles. The first-order valence-electron chi connectivity index (χ1n) is 8.74. The van der Waals surface area contributed by atoms with E-state index in [9.17, 15) is 0 Å². The lowest BCUT2D eigenvalue weighted by Crippen LogP contribution is -2.17. The number of hydrogen-bond donors (Lipinski definition) is 0. The highest BCUT2D eigenvalue weighted by molar-refractivity contribution is 8.87. The van der Waals surface area contributed by atoms with E-state index in [0.29, 0.717) is 19.6 Å². The van der Waals surface area contributed by atoms with Crippen molar-refractivity contribution in [1.82, 2.24) is 0 Å².